The number of amides is 1. The van der Waals surface area contributed by atoms with E-state index in [9.17, 15) is 17.6 Å². The van der Waals surface area contributed by atoms with Crippen LogP contribution in [0.15, 0.2) is 53.4 Å². The van der Waals surface area contributed by atoms with Crippen LogP contribution in [0.2, 0.25) is 0 Å². The maximum atomic E-state index is 13.1. The highest BCUT2D eigenvalue weighted by Gasteiger charge is 2.27. The van der Waals surface area contributed by atoms with Crippen molar-refractivity contribution in [2.75, 3.05) is 26.9 Å². The molecular formula is C19H23FN2O6S. The molecule has 0 unspecified atom stereocenters. The molecule has 2 aromatic rings. The van der Waals surface area contributed by atoms with E-state index in [-0.39, 0.29) is 24.5 Å². The van der Waals surface area contributed by atoms with Crippen LogP contribution in [-0.4, -0.2) is 50.8 Å². The molecule has 0 aliphatic heterocycles. The van der Waals surface area contributed by atoms with Gasteiger partial charge in [-0.1, -0.05) is 12.1 Å². The molecule has 1 amide bonds. The van der Waals surface area contributed by atoms with Gasteiger partial charge in [-0.2, -0.15) is 4.31 Å². The average molecular weight is 426 g/mol. The Labute approximate surface area is 168 Å². The van der Waals surface area contributed by atoms with Gasteiger partial charge in [0.1, 0.15) is 11.5 Å². The minimum Gasteiger partial charge on any atom is -0.497 e. The Morgan fingerprint density at radius 2 is 1.90 bits per heavy atom. The Bertz CT molecular complexity index is 905. The number of carbonyl (C=O) groups is 1. The normalized spacial score (nSPS) is 11.3. The topological polar surface area (TPSA) is 105 Å². The van der Waals surface area contributed by atoms with Gasteiger partial charge in [-0.05, 0) is 42.0 Å². The molecular weight excluding hydrogens is 403 g/mol. The van der Waals surface area contributed by atoms with Crippen molar-refractivity contribution in [1.29, 1.82) is 0 Å². The molecule has 0 saturated heterocycles. The predicted octanol–water partition coefficient (Wildman–Crippen LogP) is 2.13. The van der Waals surface area contributed by atoms with Crippen molar-refractivity contribution in [3.63, 3.8) is 0 Å². The number of sulfonamides is 1. The molecule has 0 saturated carbocycles. The van der Waals surface area contributed by atoms with Gasteiger partial charge in [-0.15, -0.1) is 0 Å². The maximum Gasteiger partial charge on any atom is 0.258 e. The molecule has 0 aromatic heterocycles. The quantitative estimate of drug-likeness (QED) is 0.324. The van der Waals surface area contributed by atoms with Gasteiger partial charge >= 0.3 is 0 Å². The summed E-state index contributed by atoms with van der Waals surface area (Å²) in [5.74, 6) is 0.0775. The molecule has 0 spiro atoms. The summed E-state index contributed by atoms with van der Waals surface area (Å²) in [6.45, 7) is -1.01. The van der Waals surface area contributed by atoms with Crippen LogP contribution in [0.4, 0.5) is 4.39 Å². The standard InChI is InChI=1S/C19H23FN2O6S/c1-27-17-5-2-4-15(12-17)13-22(14-19(23)21-24)29(25,26)18-8-6-16(7-9-18)28-11-3-10-20/h2,4-9,12,24H,3,10-11,13-14H2,1H3,(H,21,23). The monoisotopic (exact) mass is 426 g/mol. The second kappa shape index (κ2) is 10.7. The molecule has 2 aromatic carbocycles. The van der Waals surface area contributed by atoms with Crippen molar-refractivity contribution in [1.82, 2.24) is 9.79 Å². The molecule has 158 valence electrons. The number of methoxy groups -OCH3 is 1. The first kappa shape index (κ1) is 22.6. The molecule has 29 heavy (non-hydrogen) atoms. The lowest BCUT2D eigenvalue weighted by Gasteiger charge is -2.21. The predicted molar refractivity (Wildman–Crippen MR) is 103 cm³/mol. The lowest BCUT2D eigenvalue weighted by molar-refractivity contribution is -0.129. The lowest BCUT2D eigenvalue weighted by Crippen LogP contribution is -2.39. The van der Waals surface area contributed by atoms with E-state index in [0.29, 0.717) is 17.1 Å². The van der Waals surface area contributed by atoms with E-state index in [1.807, 2.05) is 0 Å². The van der Waals surface area contributed by atoms with Crippen LogP contribution >= 0.6 is 0 Å². The SMILES string of the molecule is COc1cccc(CN(CC(=O)NO)S(=O)(=O)c2ccc(OCCCF)cc2)c1. The van der Waals surface area contributed by atoms with E-state index in [1.54, 1.807) is 24.3 Å². The molecule has 2 N–H and O–H groups in total. The van der Waals surface area contributed by atoms with Crippen LogP contribution in [0.1, 0.15) is 12.0 Å². The van der Waals surface area contributed by atoms with Gasteiger partial charge in [0.05, 0.1) is 31.8 Å². The molecule has 2 rings (SSSR count). The van der Waals surface area contributed by atoms with Crippen molar-refractivity contribution in [3.05, 3.63) is 54.1 Å². The highest BCUT2D eigenvalue weighted by Crippen LogP contribution is 2.22. The van der Waals surface area contributed by atoms with Gasteiger partial charge in [0, 0.05) is 13.0 Å². The molecule has 8 nitrogen and oxygen atoms in total. The number of alkyl halides is 1. The summed E-state index contributed by atoms with van der Waals surface area (Å²) in [7, 11) is -2.57. The summed E-state index contributed by atoms with van der Waals surface area (Å²) >= 11 is 0. The fourth-order valence-electron chi connectivity index (χ4n) is 2.50. The number of hydrogen-bond donors (Lipinski definition) is 2. The average Bonchev–Trinajstić information content (AvgIpc) is 2.73. The minimum absolute atomic E-state index is 0.0519. The highest BCUT2D eigenvalue weighted by molar-refractivity contribution is 7.89. The summed E-state index contributed by atoms with van der Waals surface area (Å²) in [5, 5.41) is 8.82. The number of hydroxylamine groups is 1. The Morgan fingerprint density at radius 1 is 1.17 bits per heavy atom. The van der Waals surface area contributed by atoms with Crippen molar-refractivity contribution < 1.29 is 32.3 Å². The summed E-state index contributed by atoms with van der Waals surface area (Å²) < 4.78 is 49.6. The van der Waals surface area contributed by atoms with Gasteiger partial charge in [0.25, 0.3) is 5.91 Å². The number of ether oxygens (including phenoxy) is 2. The van der Waals surface area contributed by atoms with E-state index in [2.05, 4.69) is 0 Å². The third-order valence-corrected chi connectivity index (χ3v) is 5.75. The molecule has 10 heteroatoms. The molecule has 0 atom stereocenters. The van der Waals surface area contributed by atoms with Gasteiger partial charge < -0.3 is 9.47 Å². The largest absolute Gasteiger partial charge is 0.497 e. The minimum atomic E-state index is -4.06. The Balaban J connectivity index is 2.26. The number of hydrogen-bond acceptors (Lipinski definition) is 6. The zero-order valence-corrected chi connectivity index (χ0v) is 16.7. The lowest BCUT2D eigenvalue weighted by atomic mass is 10.2. The third kappa shape index (κ3) is 6.41. The third-order valence-electron chi connectivity index (χ3n) is 3.95. The van der Waals surface area contributed by atoms with Crippen LogP contribution in [0.3, 0.4) is 0 Å². The Morgan fingerprint density at radius 3 is 2.52 bits per heavy atom. The zero-order chi connectivity index (χ0) is 21.3. The number of benzene rings is 2. The van der Waals surface area contributed by atoms with Crippen LogP contribution in [-0.2, 0) is 21.4 Å². The van der Waals surface area contributed by atoms with Crippen molar-refractivity contribution in [2.24, 2.45) is 0 Å². The van der Waals surface area contributed by atoms with Gasteiger partial charge in [0.15, 0.2) is 0 Å². The van der Waals surface area contributed by atoms with Crippen molar-refractivity contribution >= 4 is 15.9 Å². The first-order valence-corrected chi connectivity index (χ1v) is 10.2. The Kier molecular flexibility index (Phi) is 8.37. The van der Waals surface area contributed by atoms with E-state index < -0.39 is 29.1 Å². The second-order valence-corrected chi connectivity index (χ2v) is 7.96. The smallest absolute Gasteiger partial charge is 0.258 e. The number of halogens is 1. The van der Waals surface area contributed by atoms with Gasteiger partial charge in [-0.3, -0.25) is 14.4 Å². The zero-order valence-electron chi connectivity index (χ0n) is 15.9. The van der Waals surface area contributed by atoms with Gasteiger partial charge in [0.2, 0.25) is 10.0 Å². The molecule has 0 aliphatic carbocycles. The number of carbonyl (C=O) groups excluding carboxylic acids is 1. The van der Waals surface area contributed by atoms with E-state index in [1.165, 1.54) is 36.9 Å². The molecule has 0 aliphatic rings. The molecule has 0 fully saturated rings. The first-order chi connectivity index (χ1) is 13.9. The fourth-order valence-corrected chi connectivity index (χ4v) is 3.88. The van der Waals surface area contributed by atoms with E-state index in [0.717, 1.165) is 4.31 Å². The number of nitrogens with zero attached hydrogens (tertiary/aromatic N) is 1. The second-order valence-electron chi connectivity index (χ2n) is 6.02. The highest BCUT2D eigenvalue weighted by atomic mass is 32.2. The number of nitrogens with one attached hydrogen (secondary N) is 1. The van der Waals surface area contributed by atoms with Crippen molar-refractivity contribution in [2.45, 2.75) is 17.9 Å². The van der Waals surface area contributed by atoms with E-state index >= 15 is 0 Å². The van der Waals surface area contributed by atoms with Gasteiger partial charge in [-0.25, -0.2) is 13.9 Å². The first-order valence-electron chi connectivity index (χ1n) is 8.75. The van der Waals surface area contributed by atoms with Crippen molar-refractivity contribution in [3.8, 4) is 11.5 Å². The Hall–Kier alpha value is -2.69. The molecule has 0 bridgehead atoms. The fraction of sp³-hybridized carbons (Fsp3) is 0.316. The summed E-state index contributed by atoms with van der Waals surface area (Å²) in [5.41, 5.74) is 2.05. The molecule has 0 heterocycles. The van der Waals surface area contributed by atoms with Crippen LogP contribution < -0.4 is 15.0 Å². The summed E-state index contributed by atoms with van der Waals surface area (Å²) in [6.07, 6.45) is 0.241. The maximum absolute atomic E-state index is 13.1. The summed E-state index contributed by atoms with van der Waals surface area (Å²) in [4.78, 5) is 11.6. The molecule has 0 radical (unpaired) electrons. The summed E-state index contributed by atoms with van der Waals surface area (Å²) in [6, 6.07) is 12.4. The van der Waals surface area contributed by atoms with Crippen LogP contribution in [0, 0.1) is 0 Å². The number of rotatable bonds is 11. The van der Waals surface area contributed by atoms with Crippen LogP contribution in [0.5, 0.6) is 11.5 Å². The van der Waals surface area contributed by atoms with E-state index in [4.69, 9.17) is 14.7 Å². The van der Waals surface area contributed by atoms with Crippen LogP contribution in [0.25, 0.3) is 0 Å².